The third-order valence-corrected chi connectivity index (χ3v) is 5.48. The number of sulfonamides is 1. The van der Waals surface area contributed by atoms with Crippen molar-refractivity contribution in [2.24, 2.45) is 0 Å². The molecule has 0 saturated heterocycles. The van der Waals surface area contributed by atoms with E-state index in [2.05, 4.69) is 9.46 Å². The number of hydrogen-bond acceptors (Lipinski definition) is 8. The average Bonchev–Trinajstić information content (AvgIpc) is 3.02. The van der Waals surface area contributed by atoms with Gasteiger partial charge < -0.3 is 18.6 Å². The van der Waals surface area contributed by atoms with Gasteiger partial charge in [-0.25, -0.2) is 13.2 Å². The molecule has 154 valence electrons. The predicted molar refractivity (Wildman–Crippen MR) is 103 cm³/mol. The zero-order valence-electron chi connectivity index (χ0n) is 15.8. The number of carbonyl (C=O) groups is 1. The quantitative estimate of drug-likeness (QED) is 0.569. The van der Waals surface area contributed by atoms with Crippen molar-refractivity contribution in [2.75, 3.05) is 26.1 Å². The molecule has 0 atom stereocenters. The molecule has 3 rings (SSSR count). The van der Waals surface area contributed by atoms with E-state index >= 15 is 0 Å². The van der Waals surface area contributed by atoms with Crippen molar-refractivity contribution < 1.29 is 31.8 Å². The lowest BCUT2D eigenvalue weighted by atomic mass is 10.3. The van der Waals surface area contributed by atoms with Gasteiger partial charge in [-0.15, -0.1) is 0 Å². The summed E-state index contributed by atoms with van der Waals surface area (Å²) in [6.07, 6.45) is 0. The number of benzene rings is 2. The third kappa shape index (κ3) is 4.04. The largest absolute Gasteiger partial charge is 0.497 e. The predicted octanol–water partition coefficient (Wildman–Crippen LogP) is 1.59. The molecule has 1 aromatic heterocycles. The molecule has 0 radical (unpaired) electrons. The smallest absolute Gasteiger partial charge is 0.420 e. The van der Waals surface area contributed by atoms with Gasteiger partial charge in [0, 0.05) is 12.1 Å². The summed E-state index contributed by atoms with van der Waals surface area (Å²) >= 11 is 0. The van der Waals surface area contributed by atoms with Gasteiger partial charge in [-0.05, 0) is 24.3 Å². The Labute approximate surface area is 165 Å². The van der Waals surface area contributed by atoms with Crippen molar-refractivity contribution in [1.82, 2.24) is 4.57 Å². The van der Waals surface area contributed by atoms with Crippen molar-refractivity contribution in [3.05, 3.63) is 46.9 Å². The zero-order chi connectivity index (χ0) is 21.2. The van der Waals surface area contributed by atoms with Crippen LogP contribution in [0.5, 0.6) is 11.5 Å². The molecule has 1 N–H and O–H groups in total. The molecule has 29 heavy (non-hydrogen) atoms. The maximum Gasteiger partial charge on any atom is 0.420 e. The summed E-state index contributed by atoms with van der Waals surface area (Å²) in [5.74, 6) is -0.672. The second kappa shape index (κ2) is 7.87. The topological polar surface area (TPSA) is 126 Å². The number of nitrogens with zero attached hydrogens (tertiary/aromatic N) is 1. The van der Waals surface area contributed by atoms with E-state index in [4.69, 9.17) is 13.9 Å². The van der Waals surface area contributed by atoms with E-state index in [1.165, 1.54) is 51.7 Å². The van der Waals surface area contributed by atoms with Crippen LogP contribution in [0.4, 0.5) is 5.69 Å². The molecular weight excluding hydrogens is 404 g/mol. The molecule has 3 aromatic rings. The van der Waals surface area contributed by atoms with Crippen LogP contribution in [0.3, 0.4) is 0 Å². The van der Waals surface area contributed by atoms with Crippen molar-refractivity contribution in [2.45, 2.75) is 11.4 Å². The van der Waals surface area contributed by atoms with E-state index in [1.54, 1.807) is 6.07 Å². The van der Waals surface area contributed by atoms with Crippen LogP contribution in [-0.4, -0.2) is 40.3 Å². The molecule has 0 spiro atoms. The Bertz CT molecular complexity index is 1230. The SMILES string of the molecule is COC(=O)Cn1c(=O)oc2cc(S(=O)(=O)Nc3ccc(OC)cc3OC)ccc21. The first-order valence-electron chi connectivity index (χ1n) is 8.24. The third-order valence-electron chi connectivity index (χ3n) is 4.12. The number of aromatic nitrogens is 1. The van der Waals surface area contributed by atoms with Crippen molar-refractivity contribution in [1.29, 1.82) is 0 Å². The Morgan fingerprint density at radius 2 is 1.86 bits per heavy atom. The van der Waals surface area contributed by atoms with Gasteiger partial charge in [0.15, 0.2) is 5.58 Å². The lowest BCUT2D eigenvalue weighted by Crippen LogP contribution is -2.20. The molecule has 0 aliphatic carbocycles. The fraction of sp³-hybridized carbons (Fsp3) is 0.222. The normalized spacial score (nSPS) is 11.3. The van der Waals surface area contributed by atoms with Crippen LogP contribution in [0.25, 0.3) is 11.1 Å². The van der Waals surface area contributed by atoms with Gasteiger partial charge >= 0.3 is 11.7 Å². The number of ether oxygens (including phenoxy) is 3. The minimum atomic E-state index is -4.02. The maximum absolute atomic E-state index is 12.8. The molecule has 0 amide bonds. The Morgan fingerprint density at radius 1 is 1.10 bits per heavy atom. The highest BCUT2D eigenvalue weighted by Gasteiger charge is 2.20. The van der Waals surface area contributed by atoms with Gasteiger partial charge in [0.05, 0.1) is 37.4 Å². The molecule has 11 heteroatoms. The Kier molecular flexibility index (Phi) is 5.50. The number of hydrogen-bond donors (Lipinski definition) is 1. The van der Waals surface area contributed by atoms with Gasteiger partial charge in [0.2, 0.25) is 0 Å². The molecule has 0 aliphatic rings. The monoisotopic (exact) mass is 422 g/mol. The van der Waals surface area contributed by atoms with Crippen LogP contribution in [0.1, 0.15) is 0 Å². The maximum atomic E-state index is 12.8. The highest BCUT2D eigenvalue weighted by atomic mass is 32.2. The Morgan fingerprint density at radius 3 is 2.52 bits per heavy atom. The van der Waals surface area contributed by atoms with E-state index in [0.717, 1.165) is 4.57 Å². The number of methoxy groups -OCH3 is 3. The Balaban J connectivity index is 1.97. The molecule has 0 aliphatic heterocycles. The molecule has 1 heterocycles. The van der Waals surface area contributed by atoms with Gasteiger partial charge in [-0.1, -0.05) is 0 Å². The summed E-state index contributed by atoms with van der Waals surface area (Å²) in [7, 11) is 0.0521. The highest BCUT2D eigenvalue weighted by Crippen LogP contribution is 2.31. The number of esters is 1. The molecule has 0 bridgehead atoms. The lowest BCUT2D eigenvalue weighted by Gasteiger charge is -2.13. The standard InChI is InChI=1S/C18H18N2O8S/c1-25-11-4-6-13(15(8-11)26-2)19-29(23,24)12-5-7-14-16(9-12)28-18(22)20(14)10-17(21)27-3/h4-9,19H,10H2,1-3H3. The second-order valence-corrected chi connectivity index (χ2v) is 7.51. The molecule has 10 nitrogen and oxygen atoms in total. The average molecular weight is 422 g/mol. The number of anilines is 1. The minimum absolute atomic E-state index is 0.0171. The summed E-state index contributed by atoms with van der Waals surface area (Å²) in [5.41, 5.74) is 0.489. The molecule has 0 fully saturated rings. The van der Waals surface area contributed by atoms with Gasteiger partial charge in [0.1, 0.15) is 18.0 Å². The summed E-state index contributed by atoms with van der Waals surface area (Å²) in [6, 6.07) is 8.48. The summed E-state index contributed by atoms with van der Waals surface area (Å²) in [5, 5.41) is 0. The van der Waals surface area contributed by atoms with Crippen molar-refractivity contribution >= 4 is 32.8 Å². The number of rotatable bonds is 7. The number of fused-ring (bicyclic) bond motifs is 1. The molecule has 2 aromatic carbocycles. The van der Waals surface area contributed by atoms with Crippen LogP contribution >= 0.6 is 0 Å². The van der Waals surface area contributed by atoms with E-state index in [-0.39, 0.29) is 34.0 Å². The number of oxazole rings is 1. The first-order chi connectivity index (χ1) is 13.8. The number of carbonyl (C=O) groups excluding carboxylic acids is 1. The van der Waals surface area contributed by atoms with Gasteiger partial charge in [-0.3, -0.25) is 14.1 Å². The van der Waals surface area contributed by atoms with E-state index in [0.29, 0.717) is 5.75 Å². The second-order valence-electron chi connectivity index (χ2n) is 5.83. The lowest BCUT2D eigenvalue weighted by molar-refractivity contribution is -0.141. The first-order valence-corrected chi connectivity index (χ1v) is 9.72. The molecular formula is C18H18N2O8S. The van der Waals surface area contributed by atoms with Gasteiger partial charge in [0.25, 0.3) is 10.0 Å². The summed E-state index contributed by atoms with van der Waals surface area (Å²) in [4.78, 5) is 23.3. The zero-order valence-corrected chi connectivity index (χ0v) is 16.6. The van der Waals surface area contributed by atoms with Crippen molar-refractivity contribution in [3.8, 4) is 11.5 Å². The van der Waals surface area contributed by atoms with Gasteiger partial charge in [-0.2, -0.15) is 0 Å². The Hall–Kier alpha value is -3.47. The van der Waals surface area contributed by atoms with Crippen LogP contribution in [0.2, 0.25) is 0 Å². The van der Waals surface area contributed by atoms with E-state index < -0.39 is 21.7 Å². The number of nitrogens with one attached hydrogen (secondary N) is 1. The first kappa shape index (κ1) is 20.3. The highest BCUT2D eigenvalue weighted by molar-refractivity contribution is 7.92. The fourth-order valence-corrected chi connectivity index (χ4v) is 3.73. The minimum Gasteiger partial charge on any atom is -0.497 e. The van der Waals surface area contributed by atoms with Crippen molar-refractivity contribution in [3.63, 3.8) is 0 Å². The van der Waals surface area contributed by atoms with E-state index in [1.807, 2.05) is 0 Å². The van der Waals surface area contributed by atoms with E-state index in [9.17, 15) is 18.0 Å². The fourth-order valence-electron chi connectivity index (χ4n) is 2.64. The van der Waals surface area contributed by atoms with Crippen LogP contribution < -0.4 is 20.0 Å². The molecule has 0 saturated carbocycles. The summed E-state index contributed by atoms with van der Waals surface area (Å²) in [6.45, 7) is -0.351. The van der Waals surface area contributed by atoms with Crippen LogP contribution in [-0.2, 0) is 26.1 Å². The summed E-state index contributed by atoms with van der Waals surface area (Å²) < 4.78 is 48.9. The molecule has 0 unspecified atom stereocenters. The van der Waals surface area contributed by atoms with Crippen LogP contribution in [0.15, 0.2) is 50.5 Å². The van der Waals surface area contributed by atoms with Crippen LogP contribution in [0, 0.1) is 0 Å².